The standard InChI is InChI=1S/C26H34F3N7/c1-25(2,3)24-30-20(26(27,28)29)18-22(31-24)36-16-14-35(15-17-36)13-9-8-12-21-32-33-23(34(21)4)19-10-6-5-7-11-19/h5-7,10-11,18H,8-9,12-17H2,1-4H3. The highest BCUT2D eigenvalue weighted by Crippen LogP contribution is 2.32. The summed E-state index contributed by atoms with van der Waals surface area (Å²) in [5.74, 6) is 2.42. The van der Waals surface area contributed by atoms with E-state index in [0.717, 1.165) is 62.2 Å². The fraction of sp³-hybridized carbons (Fsp3) is 0.538. The summed E-state index contributed by atoms with van der Waals surface area (Å²) in [6.07, 6.45) is -1.62. The van der Waals surface area contributed by atoms with Crippen LogP contribution in [0, 0.1) is 0 Å². The van der Waals surface area contributed by atoms with Crippen LogP contribution in [0.4, 0.5) is 19.0 Å². The molecule has 0 saturated carbocycles. The summed E-state index contributed by atoms with van der Waals surface area (Å²) in [6, 6.07) is 11.1. The van der Waals surface area contributed by atoms with Gasteiger partial charge < -0.3 is 9.47 Å². The zero-order valence-electron chi connectivity index (χ0n) is 21.4. The molecule has 0 aliphatic carbocycles. The molecule has 194 valence electrons. The molecule has 3 heterocycles. The number of rotatable bonds is 7. The number of anilines is 1. The minimum atomic E-state index is -4.50. The first-order chi connectivity index (χ1) is 17.0. The van der Waals surface area contributed by atoms with Gasteiger partial charge in [-0.2, -0.15) is 13.2 Å². The summed E-state index contributed by atoms with van der Waals surface area (Å²) in [5, 5.41) is 8.72. The SMILES string of the molecule is Cn1c(CCCCN2CCN(c3cc(C(F)(F)F)nc(C(C)(C)C)n3)CC2)nnc1-c1ccccc1. The van der Waals surface area contributed by atoms with E-state index in [2.05, 4.69) is 29.6 Å². The van der Waals surface area contributed by atoms with Gasteiger partial charge in [0.05, 0.1) is 0 Å². The Hall–Kier alpha value is -3.01. The number of aryl methyl sites for hydroxylation is 1. The predicted molar refractivity (Wildman–Crippen MR) is 134 cm³/mol. The highest BCUT2D eigenvalue weighted by Gasteiger charge is 2.36. The quantitative estimate of drug-likeness (QED) is 0.436. The van der Waals surface area contributed by atoms with Crippen LogP contribution in [0.25, 0.3) is 11.4 Å². The van der Waals surface area contributed by atoms with Gasteiger partial charge in [-0.1, -0.05) is 51.1 Å². The van der Waals surface area contributed by atoms with Gasteiger partial charge in [0.2, 0.25) is 0 Å². The lowest BCUT2D eigenvalue weighted by Crippen LogP contribution is -2.47. The Balaban J connectivity index is 1.28. The molecule has 0 amide bonds. The monoisotopic (exact) mass is 501 g/mol. The van der Waals surface area contributed by atoms with Gasteiger partial charge in [0.15, 0.2) is 5.82 Å². The Morgan fingerprint density at radius 3 is 2.22 bits per heavy atom. The highest BCUT2D eigenvalue weighted by atomic mass is 19.4. The average Bonchev–Trinajstić information content (AvgIpc) is 3.21. The van der Waals surface area contributed by atoms with Crippen molar-refractivity contribution in [2.24, 2.45) is 7.05 Å². The fourth-order valence-corrected chi connectivity index (χ4v) is 4.31. The van der Waals surface area contributed by atoms with Crippen molar-refractivity contribution in [3.05, 3.63) is 53.7 Å². The Bertz CT molecular complexity index is 1110. The number of hydrogen-bond donors (Lipinski definition) is 0. The summed E-state index contributed by atoms with van der Waals surface area (Å²) in [4.78, 5) is 12.6. The van der Waals surface area contributed by atoms with Crippen molar-refractivity contribution in [1.82, 2.24) is 29.6 Å². The minimum Gasteiger partial charge on any atom is -0.354 e. The lowest BCUT2D eigenvalue weighted by atomic mass is 9.95. The molecule has 2 aromatic heterocycles. The van der Waals surface area contributed by atoms with Gasteiger partial charge >= 0.3 is 6.18 Å². The molecule has 1 aliphatic heterocycles. The molecular weight excluding hydrogens is 467 g/mol. The summed E-state index contributed by atoms with van der Waals surface area (Å²) < 4.78 is 42.4. The van der Waals surface area contributed by atoms with Crippen LogP contribution in [-0.4, -0.2) is 62.4 Å². The Labute approximate surface area is 210 Å². The van der Waals surface area contributed by atoms with E-state index in [4.69, 9.17) is 0 Å². The van der Waals surface area contributed by atoms with Crippen molar-refractivity contribution in [3.63, 3.8) is 0 Å². The number of benzene rings is 1. The van der Waals surface area contributed by atoms with Crippen LogP contribution in [0.3, 0.4) is 0 Å². The zero-order chi connectivity index (χ0) is 25.9. The largest absolute Gasteiger partial charge is 0.433 e. The van der Waals surface area contributed by atoms with Gasteiger partial charge in [-0.25, -0.2) is 9.97 Å². The summed E-state index contributed by atoms with van der Waals surface area (Å²) in [7, 11) is 2.00. The van der Waals surface area contributed by atoms with Crippen molar-refractivity contribution in [1.29, 1.82) is 0 Å². The third-order valence-corrected chi connectivity index (χ3v) is 6.49. The highest BCUT2D eigenvalue weighted by molar-refractivity contribution is 5.54. The van der Waals surface area contributed by atoms with E-state index in [1.807, 2.05) is 63.1 Å². The Morgan fingerprint density at radius 2 is 1.58 bits per heavy atom. The van der Waals surface area contributed by atoms with Gasteiger partial charge in [-0.3, -0.25) is 4.90 Å². The summed E-state index contributed by atoms with van der Waals surface area (Å²) in [6.45, 7) is 9.29. The first kappa shape index (κ1) is 26.1. The molecule has 7 nitrogen and oxygen atoms in total. The molecule has 1 fully saturated rings. The van der Waals surface area contributed by atoms with Crippen LogP contribution in [0.1, 0.15) is 51.0 Å². The molecule has 4 rings (SSSR count). The molecule has 1 aromatic carbocycles. The van der Waals surface area contributed by atoms with Crippen LogP contribution in [-0.2, 0) is 25.1 Å². The van der Waals surface area contributed by atoms with Crippen molar-refractivity contribution in [2.45, 2.75) is 51.6 Å². The number of halogens is 3. The van der Waals surface area contributed by atoms with E-state index in [9.17, 15) is 13.2 Å². The molecule has 0 N–H and O–H groups in total. The average molecular weight is 502 g/mol. The fourth-order valence-electron chi connectivity index (χ4n) is 4.31. The van der Waals surface area contributed by atoms with E-state index in [-0.39, 0.29) is 5.82 Å². The predicted octanol–water partition coefficient (Wildman–Crippen LogP) is 4.73. The van der Waals surface area contributed by atoms with E-state index >= 15 is 0 Å². The van der Waals surface area contributed by atoms with Crippen molar-refractivity contribution < 1.29 is 13.2 Å². The van der Waals surface area contributed by atoms with E-state index in [0.29, 0.717) is 18.9 Å². The van der Waals surface area contributed by atoms with Gasteiger partial charge in [0.1, 0.15) is 23.2 Å². The number of piperazine rings is 1. The molecule has 0 bridgehead atoms. The smallest absolute Gasteiger partial charge is 0.354 e. The molecule has 1 saturated heterocycles. The number of nitrogens with zero attached hydrogens (tertiary/aromatic N) is 7. The van der Waals surface area contributed by atoms with Gasteiger partial charge in [-0.15, -0.1) is 10.2 Å². The van der Waals surface area contributed by atoms with Crippen molar-refractivity contribution >= 4 is 5.82 Å². The molecule has 3 aromatic rings. The second-order valence-electron chi connectivity index (χ2n) is 10.3. The van der Waals surface area contributed by atoms with Crippen LogP contribution in [0.5, 0.6) is 0 Å². The summed E-state index contributed by atoms with van der Waals surface area (Å²) in [5.41, 5.74) is -0.390. The third kappa shape index (κ3) is 6.21. The molecule has 1 aliphatic rings. The van der Waals surface area contributed by atoms with Crippen LogP contribution >= 0.6 is 0 Å². The summed E-state index contributed by atoms with van der Waals surface area (Å²) >= 11 is 0. The van der Waals surface area contributed by atoms with E-state index in [1.54, 1.807) is 0 Å². The van der Waals surface area contributed by atoms with E-state index < -0.39 is 17.3 Å². The maximum absolute atomic E-state index is 13.4. The second kappa shape index (κ2) is 10.5. The van der Waals surface area contributed by atoms with Crippen molar-refractivity contribution in [3.8, 4) is 11.4 Å². The molecule has 0 spiro atoms. The number of alkyl halides is 3. The normalized spacial score (nSPS) is 15.5. The van der Waals surface area contributed by atoms with Gasteiger partial charge in [0.25, 0.3) is 0 Å². The molecule has 36 heavy (non-hydrogen) atoms. The van der Waals surface area contributed by atoms with Crippen LogP contribution < -0.4 is 4.90 Å². The Kier molecular flexibility index (Phi) is 7.63. The first-order valence-electron chi connectivity index (χ1n) is 12.4. The maximum Gasteiger partial charge on any atom is 0.433 e. The molecule has 0 unspecified atom stereocenters. The molecule has 0 atom stereocenters. The molecule has 0 radical (unpaired) electrons. The Morgan fingerprint density at radius 1 is 0.889 bits per heavy atom. The lowest BCUT2D eigenvalue weighted by molar-refractivity contribution is -0.141. The van der Waals surface area contributed by atoms with Crippen LogP contribution in [0.2, 0.25) is 0 Å². The zero-order valence-corrected chi connectivity index (χ0v) is 21.4. The number of hydrogen-bond acceptors (Lipinski definition) is 6. The third-order valence-electron chi connectivity index (χ3n) is 6.49. The molecular formula is C26H34F3N7. The van der Waals surface area contributed by atoms with Gasteiger partial charge in [0, 0.05) is 56.7 Å². The maximum atomic E-state index is 13.4. The van der Waals surface area contributed by atoms with E-state index in [1.165, 1.54) is 0 Å². The van der Waals surface area contributed by atoms with Gasteiger partial charge in [-0.05, 0) is 19.4 Å². The lowest BCUT2D eigenvalue weighted by Gasteiger charge is -2.36. The second-order valence-corrected chi connectivity index (χ2v) is 10.3. The number of unbranched alkanes of at least 4 members (excludes halogenated alkanes) is 1. The van der Waals surface area contributed by atoms with Crippen LogP contribution in [0.15, 0.2) is 36.4 Å². The molecule has 10 heteroatoms. The number of aromatic nitrogens is 5. The topological polar surface area (TPSA) is 63.0 Å². The van der Waals surface area contributed by atoms with Crippen molar-refractivity contribution in [2.75, 3.05) is 37.6 Å². The minimum absolute atomic E-state index is 0.217. The first-order valence-corrected chi connectivity index (χ1v) is 12.4.